The fraction of sp³-hybridized carbons (Fsp3) is 0.381. The minimum atomic E-state index is 0.00339. The van der Waals surface area contributed by atoms with Crippen LogP contribution in [0.5, 0.6) is 11.5 Å². The van der Waals surface area contributed by atoms with Gasteiger partial charge in [-0.3, -0.25) is 9.69 Å². The Balaban J connectivity index is 1.40. The summed E-state index contributed by atoms with van der Waals surface area (Å²) >= 11 is 0. The number of nitrogens with zero attached hydrogens (tertiary/aromatic N) is 5. The summed E-state index contributed by atoms with van der Waals surface area (Å²) < 4.78 is 12.7. The van der Waals surface area contributed by atoms with Gasteiger partial charge in [-0.2, -0.15) is 0 Å². The predicted molar refractivity (Wildman–Crippen MR) is 109 cm³/mol. The smallest absolute Gasteiger partial charge is 0.255 e. The Morgan fingerprint density at radius 3 is 2.59 bits per heavy atom. The zero-order chi connectivity index (χ0) is 20.4. The van der Waals surface area contributed by atoms with Crippen molar-refractivity contribution in [1.29, 1.82) is 0 Å². The Bertz CT molecular complexity index is 1020. The first kappa shape index (κ1) is 19.2. The molecule has 8 nitrogen and oxygen atoms in total. The second kappa shape index (κ2) is 8.08. The Kier molecular flexibility index (Phi) is 5.35. The van der Waals surface area contributed by atoms with Crippen LogP contribution >= 0.6 is 0 Å². The van der Waals surface area contributed by atoms with E-state index in [2.05, 4.69) is 14.9 Å². The number of benzene rings is 1. The van der Waals surface area contributed by atoms with Crippen molar-refractivity contribution in [3.05, 3.63) is 47.9 Å². The van der Waals surface area contributed by atoms with E-state index in [1.807, 2.05) is 40.8 Å². The molecule has 0 N–H and O–H groups in total. The normalized spacial score (nSPS) is 14.9. The van der Waals surface area contributed by atoms with Gasteiger partial charge >= 0.3 is 0 Å². The lowest BCUT2D eigenvalue weighted by Crippen LogP contribution is -2.48. The zero-order valence-corrected chi connectivity index (χ0v) is 17.0. The first-order chi connectivity index (χ1) is 14.1. The van der Waals surface area contributed by atoms with E-state index >= 15 is 0 Å². The van der Waals surface area contributed by atoms with Gasteiger partial charge in [0.15, 0.2) is 5.65 Å². The first-order valence-corrected chi connectivity index (χ1v) is 9.58. The molecule has 2 aromatic heterocycles. The van der Waals surface area contributed by atoms with Crippen LogP contribution in [0, 0.1) is 0 Å². The summed E-state index contributed by atoms with van der Waals surface area (Å²) in [5.74, 6) is 1.66. The van der Waals surface area contributed by atoms with Crippen LogP contribution in [0.2, 0.25) is 0 Å². The van der Waals surface area contributed by atoms with Gasteiger partial charge in [-0.25, -0.2) is 9.97 Å². The third-order valence-corrected chi connectivity index (χ3v) is 5.34. The summed E-state index contributed by atoms with van der Waals surface area (Å²) in [6.07, 6.45) is 3.34. The van der Waals surface area contributed by atoms with Crippen LogP contribution in [-0.2, 0) is 13.6 Å². The zero-order valence-electron chi connectivity index (χ0n) is 17.0. The molecule has 3 aromatic rings. The predicted octanol–water partition coefficient (Wildman–Crippen LogP) is 1.94. The van der Waals surface area contributed by atoms with E-state index in [1.54, 1.807) is 26.7 Å². The van der Waals surface area contributed by atoms with E-state index in [4.69, 9.17) is 9.47 Å². The number of hydrogen-bond donors (Lipinski definition) is 0. The van der Waals surface area contributed by atoms with E-state index < -0.39 is 0 Å². The second-order valence-electron chi connectivity index (χ2n) is 7.17. The van der Waals surface area contributed by atoms with Gasteiger partial charge in [0.1, 0.15) is 17.0 Å². The monoisotopic (exact) mass is 395 g/mol. The van der Waals surface area contributed by atoms with Gasteiger partial charge in [0, 0.05) is 51.5 Å². The van der Waals surface area contributed by atoms with E-state index in [1.165, 1.54) is 0 Å². The molecule has 0 unspecified atom stereocenters. The lowest BCUT2D eigenvalue weighted by atomic mass is 10.1. The molecule has 8 heteroatoms. The highest BCUT2D eigenvalue weighted by atomic mass is 16.5. The number of hydrogen-bond acceptors (Lipinski definition) is 6. The molecule has 1 aromatic carbocycles. The van der Waals surface area contributed by atoms with Gasteiger partial charge < -0.3 is 18.9 Å². The molecule has 1 amide bonds. The largest absolute Gasteiger partial charge is 0.497 e. The molecule has 0 saturated carbocycles. The van der Waals surface area contributed by atoms with Crippen LogP contribution in [0.25, 0.3) is 11.2 Å². The molecular formula is C21H25N5O3. The molecule has 3 heterocycles. The number of piperazine rings is 1. The minimum Gasteiger partial charge on any atom is -0.497 e. The Labute approximate surface area is 169 Å². The molecule has 1 saturated heterocycles. The quantitative estimate of drug-likeness (QED) is 0.658. The Hall–Kier alpha value is -3.13. The average molecular weight is 395 g/mol. The van der Waals surface area contributed by atoms with Crippen LogP contribution in [0.4, 0.5) is 0 Å². The summed E-state index contributed by atoms with van der Waals surface area (Å²) in [7, 11) is 5.22. The van der Waals surface area contributed by atoms with Crippen molar-refractivity contribution in [3.8, 4) is 11.5 Å². The molecule has 0 radical (unpaired) electrons. The number of aryl methyl sites for hydroxylation is 1. The van der Waals surface area contributed by atoms with E-state index in [0.29, 0.717) is 18.7 Å². The maximum absolute atomic E-state index is 12.9. The van der Waals surface area contributed by atoms with E-state index in [0.717, 1.165) is 47.9 Å². The van der Waals surface area contributed by atoms with Crippen molar-refractivity contribution in [1.82, 2.24) is 24.3 Å². The molecular weight excluding hydrogens is 370 g/mol. The van der Waals surface area contributed by atoms with Gasteiger partial charge in [-0.1, -0.05) is 0 Å². The van der Waals surface area contributed by atoms with Gasteiger partial charge in [0.05, 0.1) is 26.1 Å². The highest BCUT2D eigenvalue weighted by molar-refractivity contribution is 5.96. The number of carbonyl (C=O) groups is 1. The number of aromatic nitrogens is 3. The third-order valence-electron chi connectivity index (χ3n) is 5.34. The molecule has 0 spiro atoms. The molecule has 1 aliphatic rings. The van der Waals surface area contributed by atoms with Crippen molar-refractivity contribution in [2.45, 2.75) is 6.54 Å². The Morgan fingerprint density at radius 2 is 1.86 bits per heavy atom. The van der Waals surface area contributed by atoms with Gasteiger partial charge in [0.25, 0.3) is 5.91 Å². The van der Waals surface area contributed by atoms with Gasteiger partial charge in [-0.05, 0) is 24.3 Å². The summed E-state index contributed by atoms with van der Waals surface area (Å²) in [4.78, 5) is 25.8. The van der Waals surface area contributed by atoms with Crippen molar-refractivity contribution in [2.24, 2.45) is 7.05 Å². The van der Waals surface area contributed by atoms with Crippen molar-refractivity contribution in [2.75, 3.05) is 40.4 Å². The lowest BCUT2D eigenvalue weighted by Gasteiger charge is -2.35. The van der Waals surface area contributed by atoms with Crippen LogP contribution < -0.4 is 9.47 Å². The van der Waals surface area contributed by atoms with Crippen molar-refractivity contribution in [3.63, 3.8) is 0 Å². The first-order valence-electron chi connectivity index (χ1n) is 9.58. The fourth-order valence-electron chi connectivity index (χ4n) is 3.67. The molecule has 1 aliphatic heterocycles. The molecule has 0 bridgehead atoms. The molecule has 29 heavy (non-hydrogen) atoms. The maximum atomic E-state index is 12.9. The average Bonchev–Trinajstić information content (AvgIpc) is 3.14. The number of methoxy groups -OCH3 is 2. The molecule has 152 valence electrons. The van der Waals surface area contributed by atoms with Gasteiger partial charge in [-0.15, -0.1) is 0 Å². The maximum Gasteiger partial charge on any atom is 0.255 e. The van der Waals surface area contributed by atoms with Gasteiger partial charge in [0.2, 0.25) is 0 Å². The highest BCUT2D eigenvalue weighted by Gasteiger charge is 2.23. The molecule has 4 rings (SSSR count). The van der Waals surface area contributed by atoms with E-state index in [9.17, 15) is 4.79 Å². The minimum absolute atomic E-state index is 0.00339. The number of pyridine rings is 1. The number of ether oxygens (including phenoxy) is 2. The Morgan fingerprint density at radius 1 is 1.07 bits per heavy atom. The molecule has 0 aliphatic carbocycles. The van der Waals surface area contributed by atoms with Crippen LogP contribution in [0.1, 0.15) is 15.9 Å². The third kappa shape index (κ3) is 3.88. The summed E-state index contributed by atoms with van der Waals surface area (Å²) in [5.41, 5.74) is 3.18. The number of imidazole rings is 1. The van der Waals surface area contributed by atoms with Crippen molar-refractivity contribution >= 4 is 17.1 Å². The summed E-state index contributed by atoms with van der Waals surface area (Å²) in [5, 5.41) is 0. The SMILES string of the molecule is COc1ccc(OC)c(CN2CCN(C(=O)c3cnc4c(c3)ncn4C)CC2)c1. The number of carbonyl (C=O) groups excluding carboxylic acids is 1. The number of fused-ring (bicyclic) bond motifs is 1. The van der Waals surface area contributed by atoms with Crippen LogP contribution in [0.15, 0.2) is 36.8 Å². The van der Waals surface area contributed by atoms with Crippen molar-refractivity contribution < 1.29 is 14.3 Å². The standard InChI is InChI=1S/C21H25N5O3/c1-24-14-23-18-11-15(12-22-20(18)24)21(27)26-8-6-25(7-9-26)13-16-10-17(28-2)4-5-19(16)29-3/h4-5,10-12,14H,6-9,13H2,1-3H3. The molecule has 0 atom stereocenters. The highest BCUT2D eigenvalue weighted by Crippen LogP contribution is 2.25. The number of amides is 1. The second-order valence-corrected chi connectivity index (χ2v) is 7.17. The summed E-state index contributed by atoms with van der Waals surface area (Å²) in [6, 6.07) is 7.64. The van der Waals surface area contributed by atoms with Crippen LogP contribution in [-0.4, -0.2) is 70.6 Å². The number of rotatable bonds is 5. The fourth-order valence-corrected chi connectivity index (χ4v) is 3.67. The topological polar surface area (TPSA) is 72.7 Å². The van der Waals surface area contributed by atoms with Crippen LogP contribution in [0.3, 0.4) is 0 Å². The summed E-state index contributed by atoms with van der Waals surface area (Å²) in [6.45, 7) is 3.69. The van der Waals surface area contributed by atoms with E-state index in [-0.39, 0.29) is 5.91 Å². The lowest BCUT2D eigenvalue weighted by molar-refractivity contribution is 0.0627. The molecule has 1 fully saturated rings.